The molecule has 2 aromatic heterocycles. The highest BCUT2D eigenvalue weighted by molar-refractivity contribution is 5.67. The van der Waals surface area contributed by atoms with Gasteiger partial charge in [0.2, 0.25) is 5.88 Å². The third-order valence-corrected chi connectivity index (χ3v) is 5.99. The van der Waals surface area contributed by atoms with Crippen molar-refractivity contribution >= 4 is 6.09 Å². The molecule has 2 aliphatic rings. The van der Waals surface area contributed by atoms with Crippen LogP contribution in [0.25, 0.3) is 11.4 Å². The van der Waals surface area contributed by atoms with E-state index < -0.39 is 6.09 Å². The highest BCUT2D eigenvalue weighted by Gasteiger charge is 2.21. The summed E-state index contributed by atoms with van der Waals surface area (Å²) in [5.41, 5.74) is 2.67. The van der Waals surface area contributed by atoms with Gasteiger partial charge in [-0.25, -0.2) is 19.4 Å². The molecule has 2 fully saturated rings. The van der Waals surface area contributed by atoms with E-state index >= 15 is 0 Å². The summed E-state index contributed by atoms with van der Waals surface area (Å²) < 4.78 is 13.0. The second-order valence-electron chi connectivity index (χ2n) is 8.28. The smallest absolute Gasteiger partial charge is 0.407 e. The van der Waals surface area contributed by atoms with Gasteiger partial charge in [-0.15, -0.1) is 5.10 Å². The number of alkyl carbamates (subject to hydrolysis) is 1. The van der Waals surface area contributed by atoms with Crippen molar-refractivity contribution in [2.75, 3.05) is 6.61 Å². The fourth-order valence-electron chi connectivity index (χ4n) is 3.88. The second-order valence-corrected chi connectivity index (χ2v) is 8.28. The molecule has 162 valence electrons. The fraction of sp³-hybridized carbons (Fsp3) is 0.667. The summed E-state index contributed by atoms with van der Waals surface area (Å²) in [6, 6.07) is 0. The zero-order valence-corrected chi connectivity index (χ0v) is 17.8. The molecule has 1 N–H and O–H groups in total. The Morgan fingerprint density at radius 3 is 2.70 bits per heavy atom. The third kappa shape index (κ3) is 4.88. The van der Waals surface area contributed by atoms with Gasteiger partial charge < -0.3 is 14.8 Å². The predicted molar refractivity (Wildman–Crippen MR) is 110 cm³/mol. The summed E-state index contributed by atoms with van der Waals surface area (Å²) in [6.45, 7) is 2.62. The highest BCUT2D eigenvalue weighted by atomic mass is 16.5. The van der Waals surface area contributed by atoms with Crippen LogP contribution in [0, 0.1) is 12.8 Å². The Hall–Kier alpha value is -2.71. The maximum Gasteiger partial charge on any atom is 0.407 e. The van der Waals surface area contributed by atoms with Gasteiger partial charge in [0.05, 0.1) is 25.0 Å². The summed E-state index contributed by atoms with van der Waals surface area (Å²) >= 11 is 0. The Kier molecular flexibility index (Phi) is 6.44. The number of carbonyl (C=O) groups excluding carboxylic acids is 1. The molecule has 2 aliphatic carbocycles. The number of nitrogens with zero attached hydrogens (tertiary/aromatic N) is 5. The molecule has 2 heterocycles. The average molecular weight is 415 g/mol. The Balaban J connectivity index is 1.39. The number of hydrogen-bond donors (Lipinski definition) is 1. The first-order valence-corrected chi connectivity index (χ1v) is 10.9. The minimum absolute atomic E-state index is 0.222. The van der Waals surface area contributed by atoms with Gasteiger partial charge in [-0.1, -0.05) is 18.1 Å². The average Bonchev–Trinajstić information content (AvgIpc) is 3.08. The standard InChI is InChI=1S/C21H30N6O3/c1-14-20(30-16-9-4-3-5-10-16)22-11-17(24-14)19-18(27(2)26-25-19)12-23-21(28)29-13-15-7-6-8-15/h11,15-16H,3-10,12-13H2,1-2H3,(H,23,28). The van der Waals surface area contributed by atoms with Crippen molar-refractivity contribution in [2.24, 2.45) is 13.0 Å². The Morgan fingerprint density at radius 1 is 1.20 bits per heavy atom. The van der Waals surface area contributed by atoms with Crippen molar-refractivity contribution < 1.29 is 14.3 Å². The van der Waals surface area contributed by atoms with Crippen LogP contribution in [-0.2, 0) is 18.3 Å². The van der Waals surface area contributed by atoms with Crippen LogP contribution in [0.4, 0.5) is 4.79 Å². The summed E-state index contributed by atoms with van der Waals surface area (Å²) in [5.74, 6) is 1.09. The third-order valence-electron chi connectivity index (χ3n) is 5.99. The van der Waals surface area contributed by atoms with Crippen molar-refractivity contribution in [3.63, 3.8) is 0 Å². The van der Waals surface area contributed by atoms with Crippen LogP contribution >= 0.6 is 0 Å². The molecule has 0 saturated heterocycles. The number of carbonyl (C=O) groups is 1. The second kappa shape index (κ2) is 9.40. The van der Waals surface area contributed by atoms with E-state index in [1.165, 1.54) is 25.7 Å². The molecular weight excluding hydrogens is 384 g/mol. The van der Waals surface area contributed by atoms with E-state index in [9.17, 15) is 4.79 Å². The fourth-order valence-corrected chi connectivity index (χ4v) is 3.88. The molecule has 0 aromatic carbocycles. The van der Waals surface area contributed by atoms with E-state index in [-0.39, 0.29) is 12.6 Å². The van der Waals surface area contributed by atoms with E-state index in [0.29, 0.717) is 29.8 Å². The number of rotatable bonds is 7. The maximum atomic E-state index is 12.0. The van der Waals surface area contributed by atoms with E-state index in [0.717, 1.165) is 37.1 Å². The van der Waals surface area contributed by atoms with Gasteiger partial charge >= 0.3 is 6.09 Å². The first-order valence-electron chi connectivity index (χ1n) is 10.9. The van der Waals surface area contributed by atoms with Crippen molar-refractivity contribution in [3.05, 3.63) is 17.6 Å². The molecule has 0 bridgehead atoms. The topological polar surface area (TPSA) is 104 Å². The van der Waals surface area contributed by atoms with Crippen molar-refractivity contribution in [2.45, 2.75) is 70.9 Å². The van der Waals surface area contributed by atoms with Gasteiger partial charge in [0.25, 0.3) is 0 Å². The molecule has 9 heteroatoms. The minimum atomic E-state index is -0.424. The van der Waals surface area contributed by atoms with Crippen LogP contribution in [0.15, 0.2) is 6.20 Å². The van der Waals surface area contributed by atoms with Gasteiger partial charge in [0.1, 0.15) is 23.2 Å². The van der Waals surface area contributed by atoms with Crippen LogP contribution in [0.3, 0.4) is 0 Å². The molecule has 9 nitrogen and oxygen atoms in total. The van der Waals surface area contributed by atoms with Gasteiger partial charge in [0.15, 0.2) is 0 Å². The predicted octanol–water partition coefficient (Wildman–Crippen LogP) is 3.32. The Bertz CT molecular complexity index is 874. The Morgan fingerprint density at radius 2 is 2.00 bits per heavy atom. The van der Waals surface area contributed by atoms with E-state index in [1.807, 2.05) is 6.92 Å². The number of nitrogens with one attached hydrogen (secondary N) is 1. The molecule has 0 aliphatic heterocycles. The number of ether oxygens (including phenoxy) is 2. The summed E-state index contributed by atoms with van der Waals surface area (Å²) in [7, 11) is 1.79. The largest absolute Gasteiger partial charge is 0.473 e. The van der Waals surface area contributed by atoms with Crippen LogP contribution < -0.4 is 10.1 Å². The SMILES string of the molecule is Cc1nc(-c2nnn(C)c2CNC(=O)OCC2CCC2)cnc1OC1CCCCC1. The minimum Gasteiger partial charge on any atom is -0.473 e. The monoisotopic (exact) mass is 414 g/mol. The first-order chi connectivity index (χ1) is 14.6. The van der Waals surface area contributed by atoms with E-state index in [4.69, 9.17) is 9.47 Å². The lowest BCUT2D eigenvalue weighted by Gasteiger charge is -2.24. The van der Waals surface area contributed by atoms with Gasteiger partial charge in [-0.2, -0.15) is 0 Å². The molecule has 0 atom stereocenters. The van der Waals surface area contributed by atoms with Crippen molar-refractivity contribution in [1.82, 2.24) is 30.3 Å². The molecule has 2 aromatic rings. The lowest BCUT2D eigenvalue weighted by Crippen LogP contribution is -2.28. The van der Waals surface area contributed by atoms with Gasteiger partial charge in [-0.05, 0) is 51.4 Å². The van der Waals surface area contributed by atoms with E-state index in [1.54, 1.807) is 17.9 Å². The molecule has 30 heavy (non-hydrogen) atoms. The van der Waals surface area contributed by atoms with Crippen LogP contribution in [0.2, 0.25) is 0 Å². The number of aryl methyl sites for hydroxylation is 2. The molecule has 0 spiro atoms. The molecule has 0 radical (unpaired) electrons. The number of amides is 1. The van der Waals surface area contributed by atoms with Gasteiger partial charge in [-0.3, -0.25) is 0 Å². The molecule has 4 rings (SSSR count). The highest BCUT2D eigenvalue weighted by Crippen LogP contribution is 2.27. The normalized spacial score (nSPS) is 17.4. The zero-order chi connectivity index (χ0) is 20.9. The van der Waals surface area contributed by atoms with Crippen molar-refractivity contribution in [1.29, 1.82) is 0 Å². The summed E-state index contributed by atoms with van der Waals surface area (Å²) in [6.07, 6.45) is 10.8. The summed E-state index contributed by atoms with van der Waals surface area (Å²) in [5, 5.41) is 11.1. The lowest BCUT2D eigenvalue weighted by molar-refractivity contribution is 0.103. The number of hydrogen-bond acceptors (Lipinski definition) is 7. The van der Waals surface area contributed by atoms with E-state index in [2.05, 4.69) is 25.6 Å². The maximum absolute atomic E-state index is 12.0. The van der Waals surface area contributed by atoms with Crippen LogP contribution in [0.1, 0.15) is 62.8 Å². The zero-order valence-electron chi connectivity index (χ0n) is 17.8. The van der Waals surface area contributed by atoms with Crippen molar-refractivity contribution in [3.8, 4) is 17.3 Å². The van der Waals surface area contributed by atoms with Gasteiger partial charge in [0, 0.05) is 7.05 Å². The lowest BCUT2D eigenvalue weighted by atomic mass is 9.86. The quantitative estimate of drug-likeness (QED) is 0.741. The molecule has 2 saturated carbocycles. The van der Waals surface area contributed by atoms with Crippen LogP contribution in [-0.4, -0.2) is 43.8 Å². The number of aromatic nitrogens is 5. The van der Waals surface area contributed by atoms with Crippen LogP contribution in [0.5, 0.6) is 5.88 Å². The Labute approximate surface area is 176 Å². The summed E-state index contributed by atoms with van der Waals surface area (Å²) in [4.78, 5) is 21.1. The first kappa shape index (κ1) is 20.6. The molecule has 1 amide bonds. The molecular formula is C21H30N6O3. The molecule has 0 unspecified atom stereocenters.